The van der Waals surface area contributed by atoms with E-state index in [0.29, 0.717) is 32.9 Å². The molecular weight excluding hydrogens is 421 g/mol. The van der Waals surface area contributed by atoms with Gasteiger partial charge in [0.15, 0.2) is 5.82 Å². The van der Waals surface area contributed by atoms with Crippen LogP contribution in [0.4, 0.5) is 5.82 Å². The molecule has 0 amide bonds. The maximum atomic E-state index is 6.38. The maximum absolute atomic E-state index is 6.38. The smallest absolute Gasteiger partial charge is 0.190 e. The summed E-state index contributed by atoms with van der Waals surface area (Å²) >= 11 is 12.6. The maximum Gasteiger partial charge on any atom is 0.190 e. The summed E-state index contributed by atoms with van der Waals surface area (Å²) < 4.78 is 1.51. The summed E-state index contributed by atoms with van der Waals surface area (Å²) in [7, 11) is 4.07. The van der Waals surface area contributed by atoms with Gasteiger partial charge >= 0.3 is 0 Å². The van der Waals surface area contributed by atoms with E-state index in [0.717, 1.165) is 17.7 Å². The molecule has 2 N–H and O–H groups in total. The molecule has 2 aromatic carbocycles. The van der Waals surface area contributed by atoms with E-state index in [-0.39, 0.29) is 0 Å². The fraction of sp³-hybridized carbons (Fsp3) is 0.143. The molecule has 152 valence electrons. The van der Waals surface area contributed by atoms with Crippen LogP contribution in [0.5, 0.6) is 0 Å². The van der Waals surface area contributed by atoms with Crippen LogP contribution in [-0.2, 0) is 6.54 Å². The van der Waals surface area contributed by atoms with Crippen LogP contribution in [0, 0.1) is 0 Å². The van der Waals surface area contributed by atoms with Crippen molar-refractivity contribution in [1.82, 2.24) is 30.1 Å². The van der Waals surface area contributed by atoms with E-state index in [1.165, 1.54) is 10.2 Å². The molecule has 0 atom stereocenters. The molecule has 2 heterocycles. The summed E-state index contributed by atoms with van der Waals surface area (Å²) in [6.07, 6.45) is 1.76. The average Bonchev–Trinajstić information content (AvgIpc) is 3.20. The molecule has 0 saturated heterocycles. The molecule has 7 nitrogen and oxygen atoms in total. The number of hydrogen-bond donors (Lipinski definition) is 1. The Morgan fingerprint density at radius 2 is 1.83 bits per heavy atom. The number of rotatable bonds is 5. The predicted octanol–water partition coefficient (Wildman–Crippen LogP) is 4.34. The second-order valence-corrected chi connectivity index (χ2v) is 7.82. The van der Waals surface area contributed by atoms with Crippen molar-refractivity contribution in [2.75, 3.05) is 19.8 Å². The number of aromatic nitrogens is 5. The molecule has 0 bridgehead atoms. The van der Waals surface area contributed by atoms with E-state index in [4.69, 9.17) is 28.9 Å². The van der Waals surface area contributed by atoms with Crippen molar-refractivity contribution in [2.24, 2.45) is 0 Å². The topological polar surface area (TPSA) is 85.8 Å². The first kappa shape index (κ1) is 20.3. The number of nitrogens with zero attached hydrogens (tertiary/aromatic N) is 6. The molecule has 0 aliphatic carbocycles. The summed E-state index contributed by atoms with van der Waals surface area (Å²) in [6.45, 7) is 0.797. The highest BCUT2D eigenvalue weighted by Crippen LogP contribution is 2.34. The first-order valence-corrected chi connectivity index (χ1v) is 9.93. The lowest BCUT2D eigenvalue weighted by molar-refractivity contribution is 0.403. The van der Waals surface area contributed by atoms with Crippen LogP contribution >= 0.6 is 23.2 Å². The van der Waals surface area contributed by atoms with Crippen LogP contribution in [-0.4, -0.2) is 44.2 Å². The molecule has 30 heavy (non-hydrogen) atoms. The first-order chi connectivity index (χ1) is 14.5. The minimum atomic E-state index is 0.318. The van der Waals surface area contributed by atoms with Crippen molar-refractivity contribution in [3.05, 3.63) is 70.3 Å². The third kappa shape index (κ3) is 3.87. The van der Waals surface area contributed by atoms with Gasteiger partial charge in [-0.25, -0.2) is 4.98 Å². The van der Waals surface area contributed by atoms with Crippen molar-refractivity contribution in [3.63, 3.8) is 0 Å². The number of benzene rings is 2. The number of hydrogen-bond acceptors (Lipinski definition) is 6. The average molecular weight is 440 g/mol. The van der Waals surface area contributed by atoms with Gasteiger partial charge in [-0.05, 0) is 53.8 Å². The summed E-state index contributed by atoms with van der Waals surface area (Å²) in [5, 5.41) is 12.8. The number of pyridine rings is 1. The van der Waals surface area contributed by atoms with Crippen LogP contribution in [0.3, 0.4) is 0 Å². The molecule has 0 saturated carbocycles. The predicted molar refractivity (Wildman–Crippen MR) is 120 cm³/mol. The summed E-state index contributed by atoms with van der Waals surface area (Å²) in [6, 6.07) is 15.4. The van der Waals surface area contributed by atoms with Crippen LogP contribution in [0.15, 0.2) is 54.7 Å². The zero-order valence-corrected chi connectivity index (χ0v) is 17.9. The van der Waals surface area contributed by atoms with Gasteiger partial charge in [-0.15, -0.1) is 5.10 Å². The SMILES string of the molecule is CN(C)Cc1ccccc1-c1cnc(N)c(-c2nnnn2-c2cccc(Cl)c2Cl)c1. The van der Waals surface area contributed by atoms with Crippen molar-refractivity contribution in [2.45, 2.75) is 6.54 Å². The van der Waals surface area contributed by atoms with Gasteiger partial charge in [-0.3, -0.25) is 0 Å². The van der Waals surface area contributed by atoms with Crippen molar-refractivity contribution >= 4 is 29.0 Å². The quantitative estimate of drug-likeness (QED) is 0.497. The lowest BCUT2D eigenvalue weighted by Gasteiger charge is -2.15. The van der Waals surface area contributed by atoms with Crippen LogP contribution in [0.2, 0.25) is 10.0 Å². The van der Waals surface area contributed by atoms with E-state index >= 15 is 0 Å². The molecule has 0 radical (unpaired) electrons. The van der Waals surface area contributed by atoms with E-state index < -0.39 is 0 Å². The van der Waals surface area contributed by atoms with Gasteiger partial charge in [0.1, 0.15) is 5.82 Å². The van der Waals surface area contributed by atoms with Gasteiger partial charge in [0.25, 0.3) is 0 Å². The highest BCUT2D eigenvalue weighted by molar-refractivity contribution is 6.43. The van der Waals surface area contributed by atoms with E-state index in [1.807, 2.05) is 32.3 Å². The van der Waals surface area contributed by atoms with E-state index in [9.17, 15) is 0 Å². The zero-order valence-electron chi connectivity index (χ0n) is 16.4. The fourth-order valence-corrected chi connectivity index (χ4v) is 3.63. The van der Waals surface area contributed by atoms with Crippen molar-refractivity contribution < 1.29 is 0 Å². The number of tetrazole rings is 1. The Labute approximate surface area is 184 Å². The fourth-order valence-electron chi connectivity index (χ4n) is 3.26. The Morgan fingerprint density at radius 1 is 1.03 bits per heavy atom. The molecular formula is C21H19Cl2N7. The normalized spacial score (nSPS) is 11.2. The lowest BCUT2D eigenvalue weighted by Crippen LogP contribution is -2.11. The molecule has 0 aliphatic heterocycles. The second kappa shape index (κ2) is 8.39. The third-order valence-electron chi connectivity index (χ3n) is 4.60. The largest absolute Gasteiger partial charge is 0.383 e. The van der Waals surface area contributed by atoms with Gasteiger partial charge < -0.3 is 10.6 Å². The zero-order chi connectivity index (χ0) is 21.3. The van der Waals surface area contributed by atoms with Gasteiger partial charge in [0.05, 0.1) is 21.3 Å². The Kier molecular flexibility index (Phi) is 5.67. The molecule has 0 spiro atoms. The Morgan fingerprint density at radius 3 is 2.63 bits per heavy atom. The molecule has 0 unspecified atom stereocenters. The Hall–Kier alpha value is -3.00. The molecule has 4 rings (SSSR count). The highest BCUT2D eigenvalue weighted by atomic mass is 35.5. The van der Waals surface area contributed by atoms with E-state index in [1.54, 1.807) is 24.4 Å². The van der Waals surface area contributed by atoms with Crippen LogP contribution in [0.1, 0.15) is 5.56 Å². The summed E-state index contributed by atoms with van der Waals surface area (Å²) in [4.78, 5) is 6.52. The molecule has 0 fully saturated rings. The molecule has 4 aromatic rings. The van der Waals surface area contributed by atoms with Gasteiger partial charge in [-0.2, -0.15) is 4.68 Å². The molecule has 0 aliphatic rings. The molecule has 9 heteroatoms. The van der Waals surface area contributed by atoms with Crippen LogP contribution in [0.25, 0.3) is 28.2 Å². The summed E-state index contributed by atoms with van der Waals surface area (Å²) in [5.74, 6) is 0.745. The number of halogens is 2. The Bertz CT molecular complexity index is 1200. The lowest BCUT2D eigenvalue weighted by atomic mass is 9.99. The number of anilines is 1. The second-order valence-electron chi connectivity index (χ2n) is 7.04. The molecule has 2 aromatic heterocycles. The van der Waals surface area contributed by atoms with Crippen LogP contribution < -0.4 is 5.73 Å². The minimum absolute atomic E-state index is 0.318. The van der Waals surface area contributed by atoms with Gasteiger partial charge in [0.2, 0.25) is 0 Å². The van der Waals surface area contributed by atoms with E-state index in [2.05, 4.69) is 37.5 Å². The number of nitrogen functional groups attached to an aromatic ring is 1. The third-order valence-corrected chi connectivity index (χ3v) is 5.41. The van der Waals surface area contributed by atoms with Crippen molar-refractivity contribution in [3.8, 4) is 28.2 Å². The van der Waals surface area contributed by atoms with Crippen molar-refractivity contribution in [1.29, 1.82) is 0 Å². The monoisotopic (exact) mass is 439 g/mol. The minimum Gasteiger partial charge on any atom is -0.383 e. The first-order valence-electron chi connectivity index (χ1n) is 9.17. The van der Waals surface area contributed by atoms with Gasteiger partial charge in [-0.1, -0.05) is 53.5 Å². The highest BCUT2D eigenvalue weighted by Gasteiger charge is 2.19. The number of nitrogens with two attached hydrogens (primary N) is 1. The Balaban J connectivity index is 1.85. The summed E-state index contributed by atoms with van der Waals surface area (Å²) in [5.41, 5.74) is 10.5. The van der Waals surface area contributed by atoms with Gasteiger partial charge in [0, 0.05) is 18.3 Å². The standard InChI is InChI=1S/C21H19Cl2N7/c1-29(2)12-13-6-3-4-7-15(13)14-10-16(20(24)25-11-14)21-26-27-28-30(21)18-9-5-8-17(22)19(18)23/h3-11H,12H2,1-2H3,(H2,24,25).